The number of benzene rings is 2. The maximum Gasteiger partial charge on any atom is 0.285 e. The average molecular weight is 365 g/mol. The fourth-order valence-corrected chi connectivity index (χ4v) is 2.63. The second kappa shape index (κ2) is 8.39. The summed E-state index contributed by atoms with van der Waals surface area (Å²) in [6, 6.07) is 11.9. The molecule has 1 heterocycles. The highest BCUT2D eigenvalue weighted by Gasteiger charge is 2.36. The lowest BCUT2D eigenvalue weighted by Gasteiger charge is -2.15. The molecule has 1 aliphatic heterocycles. The van der Waals surface area contributed by atoms with Crippen molar-refractivity contribution >= 4 is 11.8 Å². The SMILES string of the molecule is CCC#CCOc1ccc(CON2C(=O)c3ccccc3C2=O)cc1OC. The van der Waals surface area contributed by atoms with Gasteiger partial charge in [-0.25, -0.2) is 0 Å². The van der Waals surface area contributed by atoms with Crippen LogP contribution in [0.3, 0.4) is 0 Å². The number of imide groups is 1. The third kappa shape index (κ3) is 3.94. The predicted molar refractivity (Wildman–Crippen MR) is 98.3 cm³/mol. The maximum absolute atomic E-state index is 12.3. The highest BCUT2D eigenvalue weighted by molar-refractivity contribution is 6.20. The first kappa shape index (κ1) is 18.5. The van der Waals surface area contributed by atoms with Crippen molar-refractivity contribution in [3.05, 3.63) is 59.2 Å². The summed E-state index contributed by atoms with van der Waals surface area (Å²) < 4.78 is 10.9. The molecule has 0 aliphatic carbocycles. The van der Waals surface area contributed by atoms with Crippen molar-refractivity contribution in [1.82, 2.24) is 5.06 Å². The molecule has 3 rings (SSSR count). The van der Waals surface area contributed by atoms with Crippen molar-refractivity contribution in [2.24, 2.45) is 0 Å². The standard InChI is InChI=1S/C21H19NO5/c1-3-4-7-12-26-18-11-10-15(13-19(18)25-2)14-27-22-20(23)16-8-5-6-9-17(16)21(22)24/h5-6,8-11,13H,3,12,14H2,1-2H3. The third-order valence-corrected chi connectivity index (χ3v) is 3.95. The molecule has 27 heavy (non-hydrogen) atoms. The van der Waals surface area contributed by atoms with E-state index in [9.17, 15) is 9.59 Å². The van der Waals surface area contributed by atoms with E-state index in [1.807, 2.05) is 6.92 Å². The van der Waals surface area contributed by atoms with E-state index in [1.165, 1.54) is 7.11 Å². The summed E-state index contributed by atoms with van der Waals surface area (Å²) in [6.07, 6.45) is 0.772. The van der Waals surface area contributed by atoms with Gasteiger partial charge in [0.15, 0.2) is 11.5 Å². The summed E-state index contributed by atoms with van der Waals surface area (Å²) in [5.74, 6) is 5.99. The van der Waals surface area contributed by atoms with Gasteiger partial charge in [-0.3, -0.25) is 14.4 Å². The molecule has 0 fully saturated rings. The number of fused-ring (bicyclic) bond motifs is 1. The lowest BCUT2D eigenvalue weighted by atomic mass is 10.1. The van der Waals surface area contributed by atoms with E-state index < -0.39 is 11.8 Å². The number of carbonyl (C=O) groups excluding carboxylic acids is 2. The molecule has 1 aliphatic rings. The summed E-state index contributed by atoms with van der Waals surface area (Å²) in [5, 5.41) is 0.794. The Morgan fingerprint density at radius 1 is 0.963 bits per heavy atom. The summed E-state index contributed by atoms with van der Waals surface area (Å²) in [6.45, 7) is 2.28. The number of ether oxygens (including phenoxy) is 2. The molecule has 0 saturated carbocycles. The van der Waals surface area contributed by atoms with E-state index >= 15 is 0 Å². The zero-order chi connectivity index (χ0) is 19.2. The van der Waals surface area contributed by atoms with E-state index in [0.717, 1.165) is 17.0 Å². The Balaban J connectivity index is 1.66. The van der Waals surface area contributed by atoms with Gasteiger partial charge in [0.2, 0.25) is 0 Å². The van der Waals surface area contributed by atoms with Crippen molar-refractivity contribution in [2.45, 2.75) is 20.0 Å². The Labute approximate surface area is 157 Å². The van der Waals surface area contributed by atoms with Gasteiger partial charge in [-0.1, -0.05) is 31.0 Å². The van der Waals surface area contributed by atoms with Crippen molar-refractivity contribution in [1.29, 1.82) is 0 Å². The van der Waals surface area contributed by atoms with Crippen LogP contribution in [-0.4, -0.2) is 30.6 Å². The predicted octanol–water partition coefficient (Wildman–Crippen LogP) is 3.22. The second-order valence-electron chi connectivity index (χ2n) is 5.70. The van der Waals surface area contributed by atoms with Crippen LogP contribution in [0.4, 0.5) is 0 Å². The van der Waals surface area contributed by atoms with E-state index in [0.29, 0.717) is 22.6 Å². The van der Waals surface area contributed by atoms with E-state index in [4.69, 9.17) is 14.3 Å². The first-order valence-corrected chi connectivity index (χ1v) is 8.52. The molecule has 0 spiro atoms. The number of methoxy groups -OCH3 is 1. The zero-order valence-corrected chi connectivity index (χ0v) is 15.2. The van der Waals surface area contributed by atoms with Gasteiger partial charge < -0.3 is 9.47 Å². The molecule has 6 nitrogen and oxygen atoms in total. The number of rotatable bonds is 6. The van der Waals surface area contributed by atoms with E-state index in [-0.39, 0.29) is 13.2 Å². The van der Waals surface area contributed by atoms with Crippen LogP contribution in [0.1, 0.15) is 39.6 Å². The minimum absolute atomic E-state index is 0.0394. The lowest BCUT2D eigenvalue weighted by Crippen LogP contribution is -2.29. The van der Waals surface area contributed by atoms with E-state index in [2.05, 4.69) is 11.8 Å². The van der Waals surface area contributed by atoms with Crippen LogP contribution < -0.4 is 9.47 Å². The average Bonchev–Trinajstić information content (AvgIpc) is 2.94. The molecular weight excluding hydrogens is 346 g/mol. The molecule has 0 radical (unpaired) electrons. The highest BCUT2D eigenvalue weighted by atomic mass is 16.7. The largest absolute Gasteiger partial charge is 0.493 e. The zero-order valence-electron chi connectivity index (χ0n) is 15.2. The van der Waals surface area contributed by atoms with Crippen molar-refractivity contribution < 1.29 is 23.9 Å². The molecule has 0 atom stereocenters. The van der Waals surface area contributed by atoms with Crippen molar-refractivity contribution in [3.8, 4) is 23.3 Å². The van der Waals surface area contributed by atoms with Crippen LogP contribution in [0.15, 0.2) is 42.5 Å². The third-order valence-electron chi connectivity index (χ3n) is 3.95. The Morgan fingerprint density at radius 2 is 1.67 bits per heavy atom. The fourth-order valence-electron chi connectivity index (χ4n) is 2.63. The topological polar surface area (TPSA) is 65.1 Å². The number of nitrogens with zero attached hydrogens (tertiary/aromatic N) is 1. The number of carbonyl (C=O) groups is 2. The molecule has 0 saturated heterocycles. The minimum atomic E-state index is -0.461. The highest BCUT2D eigenvalue weighted by Crippen LogP contribution is 2.29. The van der Waals surface area contributed by atoms with E-state index in [1.54, 1.807) is 42.5 Å². The molecule has 6 heteroatoms. The van der Waals surface area contributed by atoms with Crippen molar-refractivity contribution in [2.75, 3.05) is 13.7 Å². The summed E-state index contributed by atoms with van der Waals surface area (Å²) in [7, 11) is 1.54. The van der Waals surface area contributed by atoms with Crippen LogP contribution >= 0.6 is 0 Å². The summed E-state index contributed by atoms with van der Waals surface area (Å²) in [5.41, 5.74) is 1.42. The van der Waals surface area contributed by atoms with Crippen LogP contribution in [0.25, 0.3) is 0 Å². The first-order chi connectivity index (χ1) is 13.2. The molecule has 2 amide bonds. The molecular formula is C21H19NO5. The summed E-state index contributed by atoms with van der Waals surface area (Å²) in [4.78, 5) is 30.1. The van der Waals surface area contributed by atoms with Crippen molar-refractivity contribution in [3.63, 3.8) is 0 Å². The quantitative estimate of drug-likeness (QED) is 0.581. The smallest absolute Gasteiger partial charge is 0.285 e. The second-order valence-corrected chi connectivity index (χ2v) is 5.70. The summed E-state index contributed by atoms with van der Waals surface area (Å²) >= 11 is 0. The lowest BCUT2D eigenvalue weighted by molar-refractivity contribution is -0.101. The maximum atomic E-state index is 12.3. The fraction of sp³-hybridized carbons (Fsp3) is 0.238. The van der Waals surface area contributed by atoms with Crippen LogP contribution in [0, 0.1) is 11.8 Å². The van der Waals surface area contributed by atoms with Gasteiger partial charge in [0.25, 0.3) is 11.8 Å². The number of hydrogen-bond donors (Lipinski definition) is 0. The van der Waals surface area contributed by atoms with Crippen LogP contribution in [-0.2, 0) is 11.4 Å². The normalized spacial score (nSPS) is 12.4. The Kier molecular flexibility index (Phi) is 5.74. The molecule has 138 valence electrons. The molecule has 0 aromatic heterocycles. The van der Waals surface area contributed by atoms with Gasteiger partial charge in [0.05, 0.1) is 18.2 Å². The van der Waals surface area contributed by atoms with Gasteiger partial charge in [0.1, 0.15) is 13.2 Å². The first-order valence-electron chi connectivity index (χ1n) is 8.52. The number of amides is 2. The molecule has 2 aromatic carbocycles. The molecule has 0 N–H and O–H groups in total. The number of hydroxylamine groups is 2. The van der Waals surface area contributed by atoms with Gasteiger partial charge >= 0.3 is 0 Å². The Hall–Kier alpha value is -3.30. The minimum Gasteiger partial charge on any atom is -0.493 e. The van der Waals surface area contributed by atoms with Gasteiger partial charge in [-0.2, -0.15) is 0 Å². The van der Waals surface area contributed by atoms with Gasteiger partial charge in [0, 0.05) is 6.42 Å². The molecule has 0 bridgehead atoms. The van der Waals surface area contributed by atoms with Crippen LogP contribution in [0.5, 0.6) is 11.5 Å². The molecule has 0 unspecified atom stereocenters. The van der Waals surface area contributed by atoms with Crippen LogP contribution in [0.2, 0.25) is 0 Å². The number of hydrogen-bond acceptors (Lipinski definition) is 5. The van der Waals surface area contributed by atoms with Gasteiger partial charge in [-0.05, 0) is 29.8 Å². The Morgan fingerprint density at radius 3 is 2.30 bits per heavy atom. The Bertz CT molecular complexity index is 891. The van der Waals surface area contributed by atoms with Gasteiger partial charge in [-0.15, -0.1) is 11.0 Å². The molecule has 2 aromatic rings. The monoisotopic (exact) mass is 365 g/mol.